The molecule has 3 aromatic rings. The third kappa shape index (κ3) is 3.71. The lowest BCUT2D eigenvalue weighted by Crippen LogP contribution is -2.44. The molecule has 8 nitrogen and oxygen atoms in total. The Morgan fingerprint density at radius 1 is 1.18 bits per heavy atom. The summed E-state index contributed by atoms with van der Waals surface area (Å²) in [6.45, 7) is 1.91. The van der Waals surface area contributed by atoms with E-state index < -0.39 is 35.2 Å². The van der Waals surface area contributed by atoms with Crippen molar-refractivity contribution < 1.29 is 13.5 Å². The minimum Gasteiger partial charge on any atom is -0.492 e. The number of rotatable bonds is 6. The molecule has 5 rings (SSSR count). The largest absolute Gasteiger partial charge is 0.492 e. The van der Waals surface area contributed by atoms with E-state index in [1.807, 2.05) is 18.2 Å². The van der Waals surface area contributed by atoms with Gasteiger partial charge in [0, 0.05) is 36.7 Å². The first-order valence-electron chi connectivity index (χ1n) is 11.4. The van der Waals surface area contributed by atoms with E-state index in [9.17, 15) is 9.59 Å². The standard InChI is InChI=1S/C24H27F2N5O3/c1-13-21-16(23(32)31(28)24(33)30(21)14-7-8-14)9-18(25)22(13)29-10-17(19(26)11-29)20(27)12-34-15-5-3-2-4-6-15/h2-6,9,14,17,19-20H,7-8,10-12,27-28H2,1H3/t17-,19+,20+/m0/s1. The van der Waals surface area contributed by atoms with E-state index in [-0.39, 0.29) is 36.8 Å². The van der Waals surface area contributed by atoms with Gasteiger partial charge in [-0.15, -0.1) is 0 Å². The van der Waals surface area contributed by atoms with Gasteiger partial charge in [-0.1, -0.05) is 18.2 Å². The number of aryl methyl sites for hydroxylation is 1. The van der Waals surface area contributed by atoms with Gasteiger partial charge in [-0.05, 0) is 38.0 Å². The number of halogens is 2. The number of fused-ring (bicyclic) bond motifs is 1. The molecule has 0 unspecified atom stereocenters. The number of nitrogen functional groups attached to an aromatic ring is 1. The van der Waals surface area contributed by atoms with Crippen LogP contribution >= 0.6 is 0 Å². The zero-order valence-corrected chi connectivity index (χ0v) is 18.8. The van der Waals surface area contributed by atoms with Gasteiger partial charge in [0.15, 0.2) is 0 Å². The molecule has 1 aliphatic carbocycles. The van der Waals surface area contributed by atoms with Crippen LogP contribution in [0.1, 0.15) is 24.4 Å². The van der Waals surface area contributed by atoms with Crippen LogP contribution in [-0.2, 0) is 0 Å². The van der Waals surface area contributed by atoms with E-state index in [4.69, 9.17) is 16.3 Å². The molecule has 2 aliphatic rings. The molecule has 180 valence electrons. The SMILES string of the molecule is Cc1c(N2C[C@H]([C@H](N)COc3ccccc3)[C@H](F)C2)c(F)cc2c(=O)n(N)c(=O)n(C3CC3)c12. The van der Waals surface area contributed by atoms with E-state index in [0.717, 1.165) is 18.9 Å². The third-order valence-corrected chi connectivity index (χ3v) is 6.82. The van der Waals surface area contributed by atoms with Crippen LogP contribution in [0.4, 0.5) is 14.5 Å². The highest BCUT2D eigenvalue weighted by atomic mass is 19.1. The summed E-state index contributed by atoms with van der Waals surface area (Å²) in [7, 11) is 0. The summed E-state index contributed by atoms with van der Waals surface area (Å²) >= 11 is 0. The van der Waals surface area contributed by atoms with Crippen LogP contribution in [0, 0.1) is 18.7 Å². The highest BCUT2D eigenvalue weighted by Gasteiger charge is 2.39. The van der Waals surface area contributed by atoms with Crippen LogP contribution in [0.15, 0.2) is 46.0 Å². The molecule has 0 bridgehead atoms. The van der Waals surface area contributed by atoms with Crippen LogP contribution in [0.5, 0.6) is 5.75 Å². The zero-order chi connectivity index (χ0) is 24.1. The van der Waals surface area contributed by atoms with Crippen molar-refractivity contribution in [1.82, 2.24) is 9.24 Å². The van der Waals surface area contributed by atoms with Crippen LogP contribution in [0.25, 0.3) is 10.9 Å². The minimum atomic E-state index is -1.29. The predicted molar refractivity (Wildman–Crippen MR) is 126 cm³/mol. The average Bonchev–Trinajstić information content (AvgIpc) is 3.59. The Hall–Kier alpha value is -3.40. The Balaban J connectivity index is 1.47. The first-order valence-corrected chi connectivity index (χ1v) is 11.4. The summed E-state index contributed by atoms with van der Waals surface area (Å²) in [4.78, 5) is 27.0. The summed E-state index contributed by atoms with van der Waals surface area (Å²) in [6.07, 6.45) is 0.258. The second-order valence-electron chi connectivity index (χ2n) is 9.16. The van der Waals surface area contributed by atoms with E-state index in [0.29, 0.717) is 21.5 Å². The molecule has 3 atom stereocenters. The monoisotopic (exact) mass is 471 g/mol. The maximum absolute atomic E-state index is 15.3. The molecule has 2 heterocycles. The lowest BCUT2D eigenvalue weighted by Gasteiger charge is -2.25. The van der Waals surface area contributed by atoms with E-state index in [1.165, 1.54) is 4.57 Å². The molecule has 2 aromatic carbocycles. The third-order valence-electron chi connectivity index (χ3n) is 6.82. The number of benzene rings is 2. The van der Waals surface area contributed by atoms with E-state index in [1.54, 1.807) is 24.0 Å². The molecule has 0 spiro atoms. The topological polar surface area (TPSA) is 109 Å². The van der Waals surface area contributed by atoms with Crippen LogP contribution in [0.3, 0.4) is 0 Å². The van der Waals surface area contributed by atoms with Crippen molar-refractivity contribution in [2.75, 3.05) is 30.4 Å². The highest BCUT2D eigenvalue weighted by molar-refractivity contribution is 5.87. The van der Waals surface area contributed by atoms with Gasteiger partial charge >= 0.3 is 5.69 Å². The Morgan fingerprint density at radius 2 is 1.88 bits per heavy atom. The molecule has 34 heavy (non-hydrogen) atoms. The highest BCUT2D eigenvalue weighted by Crippen LogP contribution is 2.39. The van der Waals surface area contributed by atoms with Gasteiger partial charge in [0.2, 0.25) is 0 Å². The second-order valence-corrected chi connectivity index (χ2v) is 9.16. The van der Waals surface area contributed by atoms with E-state index in [2.05, 4.69) is 0 Å². The summed E-state index contributed by atoms with van der Waals surface area (Å²) < 4.78 is 38.1. The summed E-state index contributed by atoms with van der Waals surface area (Å²) in [5.41, 5.74) is 5.82. The molecular formula is C24H27F2N5O3. The lowest BCUT2D eigenvalue weighted by molar-refractivity contribution is 0.196. The van der Waals surface area contributed by atoms with Gasteiger partial charge in [-0.25, -0.2) is 13.6 Å². The Bertz CT molecular complexity index is 1350. The van der Waals surface area contributed by atoms with Crippen molar-refractivity contribution in [1.29, 1.82) is 0 Å². The van der Waals surface area contributed by atoms with Crippen molar-refractivity contribution in [2.24, 2.45) is 11.7 Å². The van der Waals surface area contributed by atoms with Crippen molar-refractivity contribution in [3.8, 4) is 5.75 Å². The number of hydrogen-bond acceptors (Lipinski definition) is 6. The van der Waals surface area contributed by atoms with Gasteiger partial charge in [0.1, 0.15) is 24.3 Å². The summed E-state index contributed by atoms with van der Waals surface area (Å²) in [5, 5.41) is 0.0354. The maximum Gasteiger partial charge on any atom is 0.350 e. The van der Waals surface area contributed by atoms with Gasteiger partial charge in [-0.2, -0.15) is 4.68 Å². The molecule has 0 radical (unpaired) electrons. The number of alkyl halides is 1. The molecule has 2 fully saturated rings. The number of ether oxygens (including phenoxy) is 1. The summed E-state index contributed by atoms with van der Waals surface area (Å²) in [5.74, 6) is 5.09. The normalized spacial score (nSPS) is 21.2. The van der Waals surface area contributed by atoms with Crippen molar-refractivity contribution in [3.05, 3.63) is 68.6 Å². The molecule has 1 aromatic heterocycles. The summed E-state index contributed by atoms with van der Waals surface area (Å²) in [6, 6.07) is 9.53. The number of para-hydroxylation sites is 1. The molecule has 10 heteroatoms. The number of aromatic nitrogens is 2. The molecule has 1 saturated heterocycles. The minimum absolute atomic E-state index is 0.0354. The first-order chi connectivity index (χ1) is 16.3. The predicted octanol–water partition coefficient (Wildman–Crippen LogP) is 1.84. The Labute approximate surface area is 194 Å². The molecule has 1 aliphatic heterocycles. The van der Waals surface area contributed by atoms with Gasteiger partial charge in [0.25, 0.3) is 5.56 Å². The van der Waals surface area contributed by atoms with Crippen molar-refractivity contribution >= 4 is 16.6 Å². The van der Waals surface area contributed by atoms with Gasteiger partial charge in [-0.3, -0.25) is 9.36 Å². The van der Waals surface area contributed by atoms with Gasteiger partial charge in [0.05, 0.1) is 16.6 Å². The van der Waals surface area contributed by atoms with Crippen LogP contribution in [0.2, 0.25) is 0 Å². The smallest absolute Gasteiger partial charge is 0.350 e. The van der Waals surface area contributed by atoms with Gasteiger partial charge < -0.3 is 21.2 Å². The molecule has 1 saturated carbocycles. The Morgan fingerprint density at radius 3 is 2.56 bits per heavy atom. The Kier molecular flexibility index (Phi) is 5.55. The van der Waals surface area contributed by atoms with Crippen LogP contribution in [-0.4, -0.2) is 41.2 Å². The number of nitrogens with zero attached hydrogens (tertiary/aromatic N) is 3. The number of anilines is 1. The number of hydrogen-bond donors (Lipinski definition) is 2. The molecule has 0 amide bonds. The van der Waals surface area contributed by atoms with Crippen molar-refractivity contribution in [3.63, 3.8) is 0 Å². The first kappa shape index (κ1) is 22.4. The quantitative estimate of drug-likeness (QED) is 0.531. The zero-order valence-electron chi connectivity index (χ0n) is 18.8. The lowest BCUT2D eigenvalue weighted by atomic mass is 9.99. The average molecular weight is 472 g/mol. The number of nitrogens with two attached hydrogens (primary N) is 2. The van der Waals surface area contributed by atoms with Crippen LogP contribution < -0.4 is 32.5 Å². The maximum atomic E-state index is 15.3. The molecule has 4 N–H and O–H groups in total. The fourth-order valence-electron chi connectivity index (χ4n) is 4.93. The fourth-order valence-corrected chi connectivity index (χ4v) is 4.93. The molecular weight excluding hydrogens is 444 g/mol. The second kappa shape index (κ2) is 8.43. The van der Waals surface area contributed by atoms with E-state index >= 15 is 8.78 Å². The van der Waals surface area contributed by atoms with Crippen molar-refractivity contribution in [2.45, 2.75) is 38.0 Å². The fraction of sp³-hybridized carbons (Fsp3) is 0.417.